The number of anilines is 1. The summed E-state index contributed by atoms with van der Waals surface area (Å²) in [6.07, 6.45) is 4.31. The number of rotatable bonds is 4. The summed E-state index contributed by atoms with van der Waals surface area (Å²) in [4.78, 5) is 22.0. The van der Waals surface area contributed by atoms with Gasteiger partial charge in [-0.2, -0.15) is 0 Å². The SMILES string of the molecule is Cc1ccc(NC(=O)/C=C/c2ccco2)cc1[N+](=O)[O-]. The van der Waals surface area contributed by atoms with E-state index in [9.17, 15) is 14.9 Å². The maximum absolute atomic E-state index is 11.7. The van der Waals surface area contributed by atoms with Gasteiger partial charge in [0.05, 0.1) is 11.2 Å². The summed E-state index contributed by atoms with van der Waals surface area (Å²) in [5, 5.41) is 13.4. The molecule has 2 rings (SSSR count). The van der Waals surface area contributed by atoms with Gasteiger partial charge in [0.25, 0.3) is 5.69 Å². The molecule has 0 spiro atoms. The highest BCUT2D eigenvalue weighted by atomic mass is 16.6. The molecule has 2 aromatic rings. The van der Waals surface area contributed by atoms with Crippen molar-refractivity contribution in [1.82, 2.24) is 0 Å². The van der Waals surface area contributed by atoms with Crippen molar-refractivity contribution < 1.29 is 14.1 Å². The van der Waals surface area contributed by atoms with Crippen molar-refractivity contribution in [3.63, 3.8) is 0 Å². The number of furan rings is 1. The van der Waals surface area contributed by atoms with Crippen LogP contribution >= 0.6 is 0 Å². The molecule has 0 atom stereocenters. The molecule has 0 saturated carbocycles. The first-order valence-corrected chi connectivity index (χ1v) is 5.84. The summed E-state index contributed by atoms with van der Waals surface area (Å²) in [5.41, 5.74) is 0.883. The van der Waals surface area contributed by atoms with E-state index < -0.39 is 4.92 Å². The van der Waals surface area contributed by atoms with Crippen molar-refractivity contribution in [3.05, 3.63) is 64.1 Å². The van der Waals surface area contributed by atoms with Gasteiger partial charge in [0.1, 0.15) is 5.76 Å². The molecule has 1 amide bonds. The van der Waals surface area contributed by atoms with Crippen LogP contribution in [0, 0.1) is 17.0 Å². The fourth-order valence-electron chi connectivity index (χ4n) is 1.61. The van der Waals surface area contributed by atoms with Gasteiger partial charge in [-0.25, -0.2) is 0 Å². The lowest BCUT2D eigenvalue weighted by atomic mass is 10.2. The summed E-state index contributed by atoms with van der Waals surface area (Å²) in [6, 6.07) is 7.94. The Bertz CT molecular complexity index is 660. The van der Waals surface area contributed by atoms with Crippen LogP contribution in [0.15, 0.2) is 47.1 Å². The van der Waals surface area contributed by atoms with Crippen LogP contribution in [0.25, 0.3) is 6.08 Å². The zero-order valence-electron chi connectivity index (χ0n) is 10.7. The standard InChI is InChI=1S/C14H12N2O4/c1-10-4-5-11(9-13(10)16(18)19)15-14(17)7-6-12-3-2-8-20-12/h2-9H,1H3,(H,15,17)/b7-6+. The van der Waals surface area contributed by atoms with E-state index in [-0.39, 0.29) is 11.6 Å². The molecular weight excluding hydrogens is 260 g/mol. The van der Waals surface area contributed by atoms with E-state index in [2.05, 4.69) is 5.32 Å². The minimum Gasteiger partial charge on any atom is -0.465 e. The summed E-state index contributed by atoms with van der Waals surface area (Å²) in [6.45, 7) is 1.64. The summed E-state index contributed by atoms with van der Waals surface area (Å²) in [5.74, 6) is 0.162. The number of hydrogen-bond donors (Lipinski definition) is 1. The molecule has 0 aliphatic rings. The lowest BCUT2D eigenvalue weighted by Crippen LogP contribution is -2.08. The molecule has 0 radical (unpaired) electrons. The van der Waals surface area contributed by atoms with Crippen molar-refractivity contribution in [2.45, 2.75) is 6.92 Å². The summed E-state index contributed by atoms with van der Waals surface area (Å²) < 4.78 is 5.04. The van der Waals surface area contributed by atoms with Crippen LogP contribution in [0.3, 0.4) is 0 Å². The molecule has 20 heavy (non-hydrogen) atoms. The zero-order chi connectivity index (χ0) is 14.5. The van der Waals surface area contributed by atoms with Crippen molar-refractivity contribution in [1.29, 1.82) is 0 Å². The van der Waals surface area contributed by atoms with Gasteiger partial charge in [-0.05, 0) is 31.2 Å². The van der Waals surface area contributed by atoms with E-state index in [4.69, 9.17) is 4.42 Å². The molecule has 0 saturated heterocycles. The van der Waals surface area contributed by atoms with Crippen molar-refractivity contribution in [3.8, 4) is 0 Å². The number of benzene rings is 1. The van der Waals surface area contributed by atoms with E-state index in [0.717, 1.165) is 0 Å². The van der Waals surface area contributed by atoms with E-state index in [1.54, 1.807) is 31.2 Å². The van der Waals surface area contributed by atoms with Gasteiger partial charge in [-0.3, -0.25) is 14.9 Å². The third kappa shape index (κ3) is 3.32. The number of hydrogen-bond acceptors (Lipinski definition) is 4. The number of amides is 1. The Kier molecular flexibility index (Phi) is 3.95. The lowest BCUT2D eigenvalue weighted by molar-refractivity contribution is -0.385. The maximum Gasteiger partial charge on any atom is 0.274 e. The monoisotopic (exact) mass is 272 g/mol. The van der Waals surface area contributed by atoms with E-state index in [1.807, 2.05) is 0 Å². The van der Waals surface area contributed by atoms with Crippen LogP contribution in [0.4, 0.5) is 11.4 Å². The van der Waals surface area contributed by atoms with E-state index in [1.165, 1.54) is 24.5 Å². The molecule has 0 bridgehead atoms. The predicted octanol–water partition coefficient (Wildman–Crippen LogP) is 3.15. The molecule has 1 N–H and O–H groups in total. The van der Waals surface area contributed by atoms with Crippen LogP contribution in [0.1, 0.15) is 11.3 Å². The van der Waals surface area contributed by atoms with Crippen molar-refractivity contribution in [2.75, 3.05) is 5.32 Å². The quantitative estimate of drug-likeness (QED) is 0.526. The predicted molar refractivity (Wildman–Crippen MR) is 74.2 cm³/mol. The number of nitrogens with one attached hydrogen (secondary N) is 1. The minimum atomic E-state index is -0.482. The van der Waals surface area contributed by atoms with Gasteiger partial charge in [0.15, 0.2) is 0 Å². The van der Waals surface area contributed by atoms with Crippen LogP contribution in [-0.2, 0) is 4.79 Å². The first kappa shape index (κ1) is 13.5. The highest BCUT2D eigenvalue weighted by Crippen LogP contribution is 2.22. The second-order valence-corrected chi connectivity index (χ2v) is 4.10. The van der Waals surface area contributed by atoms with Gasteiger partial charge in [-0.15, -0.1) is 0 Å². The topological polar surface area (TPSA) is 85.4 Å². The fraction of sp³-hybridized carbons (Fsp3) is 0.0714. The lowest BCUT2D eigenvalue weighted by Gasteiger charge is -2.03. The van der Waals surface area contributed by atoms with Crippen LogP contribution in [0.5, 0.6) is 0 Å². The summed E-state index contributed by atoms with van der Waals surface area (Å²) >= 11 is 0. The number of nitro groups is 1. The van der Waals surface area contributed by atoms with Crippen molar-refractivity contribution >= 4 is 23.4 Å². The minimum absolute atomic E-state index is 0.0298. The Labute approximate surface area is 114 Å². The zero-order valence-corrected chi connectivity index (χ0v) is 10.7. The molecule has 0 unspecified atom stereocenters. The number of nitrogens with zero attached hydrogens (tertiary/aromatic N) is 1. The Hall–Kier alpha value is -2.89. The largest absolute Gasteiger partial charge is 0.465 e. The van der Waals surface area contributed by atoms with Crippen LogP contribution < -0.4 is 5.32 Å². The second-order valence-electron chi connectivity index (χ2n) is 4.10. The Morgan fingerprint density at radius 3 is 2.85 bits per heavy atom. The van der Waals surface area contributed by atoms with Gasteiger partial charge in [-0.1, -0.05) is 6.07 Å². The molecule has 1 heterocycles. The smallest absolute Gasteiger partial charge is 0.274 e. The van der Waals surface area contributed by atoms with Gasteiger partial charge in [0.2, 0.25) is 5.91 Å². The molecule has 0 aliphatic carbocycles. The molecule has 6 nitrogen and oxygen atoms in total. The first-order valence-electron chi connectivity index (χ1n) is 5.84. The van der Waals surface area contributed by atoms with Gasteiger partial charge in [0, 0.05) is 23.4 Å². The summed E-state index contributed by atoms with van der Waals surface area (Å²) in [7, 11) is 0. The van der Waals surface area contributed by atoms with E-state index >= 15 is 0 Å². The Morgan fingerprint density at radius 1 is 1.40 bits per heavy atom. The first-order chi connectivity index (χ1) is 9.56. The highest BCUT2D eigenvalue weighted by Gasteiger charge is 2.11. The van der Waals surface area contributed by atoms with Crippen LogP contribution in [-0.4, -0.2) is 10.8 Å². The van der Waals surface area contributed by atoms with Crippen LogP contribution in [0.2, 0.25) is 0 Å². The van der Waals surface area contributed by atoms with Crippen molar-refractivity contribution in [2.24, 2.45) is 0 Å². The molecule has 1 aromatic heterocycles. The second kappa shape index (κ2) is 5.83. The number of nitro benzene ring substituents is 1. The fourth-order valence-corrected chi connectivity index (χ4v) is 1.61. The maximum atomic E-state index is 11.7. The third-order valence-electron chi connectivity index (χ3n) is 2.62. The number of aryl methyl sites for hydroxylation is 1. The molecule has 1 aromatic carbocycles. The number of carbonyl (C=O) groups excluding carboxylic acids is 1. The average Bonchev–Trinajstić information content (AvgIpc) is 2.91. The normalized spacial score (nSPS) is 10.7. The van der Waals surface area contributed by atoms with Gasteiger partial charge < -0.3 is 9.73 Å². The molecular formula is C14H12N2O4. The van der Waals surface area contributed by atoms with Gasteiger partial charge >= 0.3 is 0 Å². The Morgan fingerprint density at radius 2 is 2.20 bits per heavy atom. The average molecular weight is 272 g/mol. The van der Waals surface area contributed by atoms with E-state index in [0.29, 0.717) is 17.0 Å². The number of carbonyl (C=O) groups is 1. The third-order valence-corrected chi connectivity index (χ3v) is 2.62. The molecule has 0 aliphatic heterocycles. The highest BCUT2D eigenvalue weighted by molar-refractivity contribution is 6.01. The molecule has 102 valence electrons. The Balaban J connectivity index is 2.08. The molecule has 0 fully saturated rings. The molecule has 6 heteroatoms.